The molecule has 1 fully saturated rings. The molecule has 1 heterocycles. The minimum atomic E-state index is -0.861. The van der Waals surface area contributed by atoms with Gasteiger partial charge in [-0.1, -0.05) is 0 Å². The van der Waals surface area contributed by atoms with Gasteiger partial charge in [-0.2, -0.15) is 0 Å². The van der Waals surface area contributed by atoms with Gasteiger partial charge in [-0.05, 0) is 0 Å². The summed E-state index contributed by atoms with van der Waals surface area (Å²) < 4.78 is 0. The van der Waals surface area contributed by atoms with Gasteiger partial charge in [0.05, 0.1) is 20.1 Å². The maximum absolute atomic E-state index is 7.65. The molecule has 1 saturated heterocycles. The molecule has 4 heteroatoms. The van der Waals surface area contributed by atoms with Crippen LogP contribution in [0.2, 0.25) is 0 Å². The van der Waals surface area contributed by atoms with Crippen molar-refractivity contribution in [1.29, 1.82) is 10.5 Å². The van der Waals surface area contributed by atoms with E-state index in [1.165, 1.54) is 25.9 Å². The van der Waals surface area contributed by atoms with Crippen molar-refractivity contribution in [2.24, 2.45) is 0 Å². The zero-order chi connectivity index (χ0) is 8.53. The highest BCUT2D eigenvalue weighted by atomic mass is 15.1. The molecule has 3 nitrogen and oxygen atoms in total. The van der Waals surface area contributed by atoms with Crippen molar-refractivity contribution in [2.45, 2.75) is 12.8 Å². The second kappa shape index (κ2) is 7.12. The molecule has 60 valence electrons. The average Bonchev–Trinajstić information content (AvgIpc) is 2.43. The summed E-state index contributed by atoms with van der Waals surface area (Å²) in [6.45, 7) is 2.81. The largest absolute Gasteiger partial charge is 0.337 e. The first-order chi connectivity index (χ1) is 5.31. The molecule has 1 aliphatic rings. The monoisotopic (exact) mass is 151 g/mol. The van der Waals surface area contributed by atoms with Crippen LogP contribution < -0.4 is 4.90 Å². The van der Waals surface area contributed by atoms with Gasteiger partial charge in [-0.15, -0.1) is 11.9 Å². The first-order valence-corrected chi connectivity index (χ1v) is 4.15. The highest BCUT2D eigenvalue weighted by Crippen LogP contribution is 1.84. The minimum Gasteiger partial charge on any atom is -0.337 e. The molecule has 0 aliphatic carbocycles. The zero-order valence-electron chi connectivity index (χ0n) is 7.22. The smallest absolute Gasteiger partial charge is 0.179 e. The molecule has 1 aliphatic heterocycles. The van der Waals surface area contributed by atoms with E-state index in [0.717, 1.165) is 0 Å². The minimum absolute atomic E-state index is 0.861. The summed E-state index contributed by atoms with van der Waals surface area (Å²) in [6, 6.07) is 0. The third-order valence-corrected chi connectivity index (χ3v) is 1.68. The van der Waals surface area contributed by atoms with Gasteiger partial charge in [0.1, 0.15) is 0 Å². The van der Waals surface area contributed by atoms with Gasteiger partial charge in [0, 0.05) is 12.8 Å². The first kappa shape index (κ1) is 10.0. The summed E-state index contributed by atoms with van der Waals surface area (Å²) in [4.78, 5) is 1.70. The van der Waals surface area contributed by atoms with Crippen molar-refractivity contribution >= 4 is 7.28 Å². The van der Waals surface area contributed by atoms with E-state index in [1.54, 1.807) is 16.8 Å². The van der Waals surface area contributed by atoms with Gasteiger partial charge in [0.25, 0.3) is 0 Å². The predicted molar refractivity (Wildman–Crippen MR) is 45.6 cm³/mol. The van der Waals surface area contributed by atoms with Gasteiger partial charge in [-0.3, -0.25) is 0 Å². The average molecular weight is 151 g/mol. The van der Waals surface area contributed by atoms with Gasteiger partial charge >= 0.3 is 0 Å². The number of quaternary nitrogens is 1. The first-order valence-electron chi connectivity index (χ1n) is 4.15. The van der Waals surface area contributed by atoms with E-state index in [2.05, 4.69) is 7.05 Å². The van der Waals surface area contributed by atoms with Crippen LogP contribution in [0.3, 0.4) is 0 Å². The molecule has 11 heavy (non-hydrogen) atoms. The molecule has 0 aromatic heterocycles. The van der Waals surface area contributed by atoms with Gasteiger partial charge in [-0.25, -0.2) is 10.5 Å². The Balaban J connectivity index is 0.000000187. The van der Waals surface area contributed by atoms with Crippen LogP contribution in [0.25, 0.3) is 0 Å². The Morgan fingerprint density at radius 1 is 1.18 bits per heavy atom. The van der Waals surface area contributed by atoms with Gasteiger partial charge in [0.2, 0.25) is 0 Å². The number of likely N-dealkylation sites (tertiary alicyclic amines) is 1. The highest BCUT2D eigenvalue weighted by Gasteiger charge is 2.07. The summed E-state index contributed by atoms with van der Waals surface area (Å²) in [5.41, 5.74) is 0. The number of rotatable bonds is 0. The molecule has 0 spiro atoms. The Morgan fingerprint density at radius 3 is 1.73 bits per heavy atom. The Kier molecular flexibility index (Phi) is 6.47. The maximum atomic E-state index is 7.65. The quantitative estimate of drug-likeness (QED) is 0.424. The molecule has 0 amide bonds. The molecule has 0 aromatic rings. The van der Waals surface area contributed by atoms with E-state index in [1.807, 2.05) is 0 Å². The van der Waals surface area contributed by atoms with Crippen molar-refractivity contribution < 1.29 is 4.90 Å². The standard InChI is InChI=1S/C5H11N.C2H2BN2/c1-6-4-2-3-5-6;4-1-3-2-5/h2-5H2,1H3;3H2/q;-1/p+1. The van der Waals surface area contributed by atoms with Crippen LogP contribution in [0.15, 0.2) is 0 Å². The number of nitriles is 2. The second-order valence-electron chi connectivity index (χ2n) is 2.86. The van der Waals surface area contributed by atoms with E-state index in [-0.39, 0.29) is 0 Å². The van der Waals surface area contributed by atoms with Crippen molar-refractivity contribution in [3.8, 4) is 11.9 Å². The number of hydrogen-bond acceptors (Lipinski definition) is 2. The fourth-order valence-electron chi connectivity index (χ4n) is 1.03. The molecule has 0 aromatic carbocycles. The lowest BCUT2D eigenvalue weighted by molar-refractivity contribution is -0.866. The van der Waals surface area contributed by atoms with Gasteiger partial charge < -0.3 is 4.90 Å². The van der Waals surface area contributed by atoms with E-state index >= 15 is 0 Å². The van der Waals surface area contributed by atoms with E-state index in [4.69, 9.17) is 10.5 Å². The fourth-order valence-corrected chi connectivity index (χ4v) is 1.03. The molecule has 0 radical (unpaired) electrons. The molecule has 0 bridgehead atoms. The van der Waals surface area contributed by atoms with Crippen molar-refractivity contribution in [3.63, 3.8) is 0 Å². The lowest BCUT2D eigenvalue weighted by Gasteiger charge is -1.98. The Hall–Kier alpha value is -0.995. The summed E-state index contributed by atoms with van der Waals surface area (Å²) in [5.74, 6) is 3.56. The normalized spacial score (nSPS) is 15.9. The van der Waals surface area contributed by atoms with Crippen molar-refractivity contribution in [3.05, 3.63) is 0 Å². The van der Waals surface area contributed by atoms with E-state index in [9.17, 15) is 0 Å². The molecule has 0 saturated carbocycles. The van der Waals surface area contributed by atoms with Crippen LogP contribution in [-0.2, 0) is 0 Å². The third kappa shape index (κ3) is 6.90. The number of nitrogens with one attached hydrogen (secondary N) is 1. The van der Waals surface area contributed by atoms with Crippen molar-refractivity contribution in [2.75, 3.05) is 20.1 Å². The van der Waals surface area contributed by atoms with Crippen LogP contribution in [0.5, 0.6) is 0 Å². The summed E-state index contributed by atoms with van der Waals surface area (Å²) in [6.07, 6.45) is 2.90. The molecule has 1 N–H and O–H groups in total. The molecule has 0 unspecified atom stereocenters. The van der Waals surface area contributed by atoms with Crippen LogP contribution in [0.4, 0.5) is 0 Å². The highest BCUT2D eigenvalue weighted by molar-refractivity contribution is 6.53. The van der Waals surface area contributed by atoms with E-state index in [0.29, 0.717) is 0 Å². The second-order valence-corrected chi connectivity index (χ2v) is 2.86. The topological polar surface area (TPSA) is 52.0 Å². The van der Waals surface area contributed by atoms with Gasteiger partial charge in [0.15, 0.2) is 7.28 Å². The fraction of sp³-hybridized carbons (Fsp3) is 0.714. The van der Waals surface area contributed by atoms with Crippen LogP contribution in [0.1, 0.15) is 12.8 Å². The molecular formula is C7H14BN3. The zero-order valence-corrected chi connectivity index (χ0v) is 7.22. The van der Waals surface area contributed by atoms with Crippen LogP contribution in [-0.4, -0.2) is 27.4 Å². The summed E-state index contributed by atoms with van der Waals surface area (Å²) in [7, 11) is 1.40. The van der Waals surface area contributed by atoms with Crippen LogP contribution >= 0.6 is 0 Å². The Bertz CT molecular complexity index is 150. The lowest BCUT2D eigenvalue weighted by Crippen LogP contribution is -3.06. The number of nitrogens with zero attached hydrogens (tertiary/aromatic N) is 2. The Labute approximate surface area is 68.5 Å². The van der Waals surface area contributed by atoms with Crippen LogP contribution in [0, 0.1) is 22.5 Å². The SMILES string of the molecule is C[NH+]1CCCC1.N#C[BH2-]C#N. The molecular weight excluding hydrogens is 137 g/mol. The third-order valence-electron chi connectivity index (χ3n) is 1.68. The Morgan fingerprint density at radius 2 is 1.64 bits per heavy atom. The number of hydrogen-bond donors (Lipinski definition) is 1. The maximum Gasteiger partial charge on any atom is 0.179 e. The van der Waals surface area contributed by atoms with Crippen molar-refractivity contribution in [1.82, 2.24) is 0 Å². The molecule has 0 atom stereocenters. The molecule has 1 rings (SSSR count). The predicted octanol–water partition coefficient (Wildman–Crippen LogP) is -1.59. The summed E-state index contributed by atoms with van der Waals surface area (Å²) >= 11 is 0. The van der Waals surface area contributed by atoms with E-state index < -0.39 is 7.28 Å². The lowest BCUT2D eigenvalue weighted by atomic mass is 9.85. The summed E-state index contributed by atoms with van der Waals surface area (Å²) in [5, 5.41) is 15.3.